The van der Waals surface area contributed by atoms with E-state index < -0.39 is 28.6 Å². The first-order chi connectivity index (χ1) is 13.2. The van der Waals surface area contributed by atoms with Gasteiger partial charge in [0, 0.05) is 17.0 Å². The van der Waals surface area contributed by atoms with Crippen molar-refractivity contribution in [2.75, 3.05) is 11.9 Å². The number of nitrogens with one attached hydrogen (secondary N) is 2. The van der Waals surface area contributed by atoms with E-state index in [0.29, 0.717) is 13.0 Å². The number of ketones is 1. The van der Waals surface area contributed by atoms with Crippen LogP contribution in [0.4, 0.5) is 18.9 Å². The van der Waals surface area contributed by atoms with Gasteiger partial charge < -0.3 is 10.3 Å². The van der Waals surface area contributed by atoms with E-state index in [-0.39, 0.29) is 21.7 Å². The average molecular weight is 409 g/mol. The van der Waals surface area contributed by atoms with Gasteiger partial charge in [0.25, 0.3) is 5.56 Å². The number of alkyl halides is 3. The number of H-pyrrole nitrogens is 1. The molecule has 0 aliphatic rings. The van der Waals surface area contributed by atoms with E-state index in [2.05, 4.69) is 10.3 Å². The summed E-state index contributed by atoms with van der Waals surface area (Å²) in [5, 5.41) is 2.86. The van der Waals surface area contributed by atoms with Crippen LogP contribution >= 0.6 is 11.6 Å². The lowest BCUT2D eigenvalue weighted by Crippen LogP contribution is -2.22. The van der Waals surface area contributed by atoms with E-state index in [1.165, 1.54) is 13.0 Å². The molecule has 3 rings (SSSR count). The molecule has 0 fully saturated rings. The summed E-state index contributed by atoms with van der Waals surface area (Å²) in [4.78, 5) is 26.6. The smallest absolute Gasteiger partial charge is 0.383 e. The van der Waals surface area contributed by atoms with E-state index in [9.17, 15) is 22.8 Å². The second kappa shape index (κ2) is 7.67. The Morgan fingerprint density at radius 1 is 1.18 bits per heavy atom. The SMILES string of the molecule is CC(=O)c1c(NCCc2ccccc2)c2cc(Cl)cc(C(F)(F)F)c2[nH]c1=O. The molecule has 0 spiro atoms. The number of Topliss-reactive ketones (excluding diaryl/α,β-unsaturated/α-hetero) is 1. The van der Waals surface area contributed by atoms with Crippen LogP contribution in [0.2, 0.25) is 5.02 Å². The van der Waals surface area contributed by atoms with E-state index in [0.717, 1.165) is 11.6 Å². The number of fused-ring (bicyclic) bond motifs is 1. The largest absolute Gasteiger partial charge is 0.418 e. The predicted molar refractivity (Wildman–Crippen MR) is 103 cm³/mol. The molecule has 0 aliphatic heterocycles. The van der Waals surface area contributed by atoms with Gasteiger partial charge >= 0.3 is 6.18 Å². The summed E-state index contributed by atoms with van der Waals surface area (Å²) in [6.45, 7) is 1.50. The molecule has 8 heteroatoms. The van der Waals surface area contributed by atoms with Crippen LogP contribution in [-0.2, 0) is 12.6 Å². The normalized spacial score (nSPS) is 11.6. The fourth-order valence-electron chi connectivity index (χ4n) is 3.08. The highest BCUT2D eigenvalue weighted by Gasteiger charge is 2.34. The third kappa shape index (κ3) is 4.04. The van der Waals surface area contributed by atoms with Gasteiger partial charge in [-0.25, -0.2) is 0 Å². The Morgan fingerprint density at radius 2 is 1.86 bits per heavy atom. The Bertz CT molecular complexity index is 1090. The number of benzene rings is 2. The van der Waals surface area contributed by atoms with Gasteiger partial charge in [-0.1, -0.05) is 41.9 Å². The maximum Gasteiger partial charge on any atom is 0.418 e. The second-order valence-corrected chi connectivity index (χ2v) is 6.73. The monoisotopic (exact) mass is 408 g/mol. The topological polar surface area (TPSA) is 62.0 Å². The Labute approximate surface area is 163 Å². The van der Waals surface area contributed by atoms with E-state index in [4.69, 9.17) is 11.6 Å². The van der Waals surface area contributed by atoms with Crippen molar-refractivity contribution >= 4 is 34.0 Å². The second-order valence-electron chi connectivity index (χ2n) is 6.30. The number of hydrogen-bond acceptors (Lipinski definition) is 3. The number of rotatable bonds is 5. The van der Waals surface area contributed by atoms with Crippen LogP contribution in [0.3, 0.4) is 0 Å². The maximum atomic E-state index is 13.4. The Balaban J connectivity index is 2.14. The molecule has 0 saturated carbocycles. The van der Waals surface area contributed by atoms with Crippen molar-refractivity contribution in [1.82, 2.24) is 4.98 Å². The van der Waals surface area contributed by atoms with Gasteiger partial charge in [0.05, 0.1) is 16.8 Å². The zero-order chi connectivity index (χ0) is 20.5. The summed E-state index contributed by atoms with van der Waals surface area (Å²) < 4.78 is 40.3. The predicted octanol–water partition coefficient (Wildman–Crippen LogP) is 5.06. The quantitative estimate of drug-likeness (QED) is 0.580. The molecule has 1 heterocycles. The summed E-state index contributed by atoms with van der Waals surface area (Å²) in [5.41, 5.74) is -1.52. The summed E-state index contributed by atoms with van der Waals surface area (Å²) >= 11 is 5.90. The van der Waals surface area contributed by atoms with Gasteiger partial charge in [-0.05, 0) is 31.0 Å². The van der Waals surface area contributed by atoms with Crippen molar-refractivity contribution in [2.45, 2.75) is 19.5 Å². The number of carbonyl (C=O) groups is 1. The van der Waals surface area contributed by atoms with Crippen LogP contribution in [0, 0.1) is 0 Å². The van der Waals surface area contributed by atoms with Gasteiger partial charge in [-0.15, -0.1) is 0 Å². The highest BCUT2D eigenvalue weighted by molar-refractivity contribution is 6.31. The molecule has 3 aromatic rings. The third-order valence-electron chi connectivity index (χ3n) is 4.30. The van der Waals surface area contributed by atoms with Crippen molar-refractivity contribution < 1.29 is 18.0 Å². The first kappa shape index (κ1) is 19.9. The van der Waals surface area contributed by atoms with Crippen molar-refractivity contribution in [3.8, 4) is 0 Å². The van der Waals surface area contributed by atoms with Crippen LogP contribution in [0.1, 0.15) is 28.4 Å². The molecule has 0 atom stereocenters. The van der Waals surface area contributed by atoms with Crippen LogP contribution in [0.15, 0.2) is 47.3 Å². The highest BCUT2D eigenvalue weighted by Crippen LogP contribution is 2.38. The minimum atomic E-state index is -4.72. The molecule has 2 aromatic carbocycles. The van der Waals surface area contributed by atoms with Gasteiger partial charge in [0.15, 0.2) is 5.78 Å². The maximum absolute atomic E-state index is 13.4. The summed E-state index contributed by atoms with van der Waals surface area (Å²) in [6.07, 6.45) is -4.16. The average Bonchev–Trinajstić information content (AvgIpc) is 2.61. The minimum Gasteiger partial charge on any atom is -0.383 e. The summed E-state index contributed by atoms with van der Waals surface area (Å²) in [6, 6.07) is 11.5. The van der Waals surface area contributed by atoms with Gasteiger partial charge in [0.2, 0.25) is 0 Å². The Kier molecular flexibility index (Phi) is 5.47. The van der Waals surface area contributed by atoms with Gasteiger partial charge in [-0.3, -0.25) is 9.59 Å². The Morgan fingerprint density at radius 3 is 2.46 bits per heavy atom. The molecule has 28 heavy (non-hydrogen) atoms. The Hall–Kier alpha value is -2.80. The van der Waals surface area contributed by atoms with E-state index >= 15 is 0 Å². The van der Waals surface area contributed by atoms with E-state index in [1.807, 2.05) is 30.3 Å². The number of hydrogen-bond donors (Lipinski definition) is 2. The first-order valence-corrected chi connectivity index (χ1v) is 8.81. The van der Waals surface area contributed by atoms with Crippen LogP contribution in [0.25, 0.3) is 10.9 Å². The molecule has 146 valence electrons. The number of aromatic amines is 1. The molecule has 0 bridgehead atoms. The molecular weight excluding hydrogens is 393 g/mol. The molecule has 0 unspecified atom stereocenters. The van der Waals surface area contributed by atoms with Gasteiger partial charge in [-0.2, -0.15) is 13.2 Å². The van der Waals surface area contributed by atoms with E-state index in [1.54, 1.807) is 0 Å². The molecule has 0 aliphatic carbocycles. The molecule has 2 N–H and O–H groups in total. The lowest BCUT2D eigenvalue weighted by Gasteiger charge is -2.17. The number of anilines is 1. The number of pyridine rings is 1. The van der Waals surface area contributed by atoms with Crippen LogP contribution in [-0.4, -0.2) is 17.3 Å². The molecule has 4 nitrogen and oxygen atoms in total. The fourth-order valence-corrected chi connectivity index (χ4v) is 3.30. The van der Waals surface area contributed by atoms with Crippen molar-refractivity contribution in [3.63, 3.8) is 0 Å². The van der Waals surface area contributed by atoms with Crippen molar-refractivity contribution in [1.29, 1.82) is 0 Å². The first-order valence-electron chi connectivity index (χ1n) is 8.44. The fraction of sp³-hybridized carbons (Fsp3) is 0.200. The van der Waals surface area contributed by atoms with Crippen LogP contribution < -0.4 is 10.9 Å². The lowest BCUT2D eigenvalue weighted by molar-refractivity contribution is -0.136. The van der Waals surface area contributed by atoms with Crippen molar-refractivity contribution in [2.24, 2.45) is 0 Å². The third-order valence-corrected chi connectivity index (χ3v) is 4.52. The minimum absolute atomic E-state index is 0.0395. The zero-order valence-corrected chi connectivity index (χ0v) is 15.5. The standard InChI is InChI=1S/C20H16ClF3N2O2/c1-11(27)16-18(25-8-7-12-5-3-2-4-6-12)14-9-13(21)10-15(20(22,23)24)17(14)26-19(16)28/h2-6,9-10H,7-8H2,1H3,(H2,25,26,28). The summed E-state index contributed by atoms with van der Waals surface area (Å²) in [5.74, 6) is -0.557. The van der Waals surface area contributed by atoms with Crippen molar-refractivity contribution in [3.05, 3.63) is 74.5 Å². The number of carbonyl (C=O) groups excluding carboxylic acids is 1. The number of halogens is 4. The lowest BCUT2D eigenvalue weighted by atomic mass is 10.0. The number of aromatic nitrogens is 1. The molecule has 1 aromatic heterocycles. The molecule has 0 radical (unpaired) electrons. The molecular formula is C20H16ClF3N2O2. The molecule has 0 saturated heterocycles. The summed E-state index contributed by atoms with van der Waals surface area (Å²) in [7, 11) is 0. The molecule has 0 amide bonds. The van der Waals surface area contributed by atoms with Crippen LogP contribution in [0.5, 0.6) is 0 Å². The zero-order valence-electron chi connectivity index (χ0n) is 14.8. The highest BCUT2D eigenvalue weighted by atomic mass is 35.5. The van der Waals surface area contributed by atoms with Gasteiger partial charge in [0.1, 0.15) is 5.56 Å².